The van der Waals surface area contributed by atoms with Crippen molar-refractivity contribution in [3.63, 3.8) is 0 Å². The van der Waals surface area contributed by atoms with Crippen LogP contribution in [0.4, 0.5) is 0 Å². The molecule has 1 heterocycles. The van der Waals surface area contributed by atoms with E-state index in [0.717, 1.165) is 25.3 Å². The summed E-state index contributed by atoms with van der Waals surface area (Å²) in [4.78, 5) is 14.9. The molecule has 2 saturated carbocycles. The lowest BCUT2D eigenvalue weighted by Crippen LogP contribution is -2.43. The maximum atomic E-state index is 12.7. The SMILES string of the molecule is NC[C@H]1CC[C@@H](C(=O)N(CC2CCCCC2)C2CC2)O1. The smallest absolute Gasteiger partial charge is 0.251 e. The topological polar surface area (TPSA) is 55.6 Å². The van der Waals surface area contributed by atoms with Crippen molar-refractivity contribution >= 4 is 5.91 Å². The van der Waals surface area contributed by atoms with E-state index < -0.39 is 0 Å². The number of nitrogens with two attached hydrogens (primary N) is 1. The Hall–Kier alpha value is -0.610. The highest BCUT2D eigenvalue weighted by atomic mass is 16.5. The van der Waals surface area contributed by atoms with E-state index in [4.69, 9.17) is 10.5 Å². The highest BCUT2D eigenvalue weighted by Crippen LogP contribution is 2.33. The molecule has 20 heavy (non-hydrogen) atoms. The van der Waals surface area contributed by atoms with E-state index in [9.17, 15) is 4.79 Å². The van der Waals surface area contributed by atoms with Gasteiger partial charge in [-0.1, -0.05) is 19.3 Å². The summed E-state index contributed by atoms with van der Waals surface area (Å²) in [7, 11) is 0. The second-order valence-corrected chi connectivity index (χ2v) is 6.79. The van der Waals surface area contributed by atoms with Gasteiger partial charge in [-0.05, 0) is 44.4 Å². The fraction of sp³-hybridized carbons (Fsp3) is 0.938. The molecule has 3 aliphatic rings. The molecule has 3 rings (SSSR count). The molecule has 0 radical (unpaired) electrons. The number of hydrogen-bond donors (Lipinski definition) is 1. The molecular weight excluding hydrogens is 252 g/mol. The monoisotopic (exact) mass is 280 g/mol. The molecule has 3 fully saturated rings. The Labute approximate surface area is 122 Å². The molecular formula is C16H28N2O2. The molecule has 4 nitrogen and oxygen atoms in total. The molecule has 1 amide bonds. The van der Waals surface area contributed by atoms with Crippen LogP contribution in [0, 0.1) is 5.92 Å². The summed E-state index contributed by atoms with van der Waals surface area (Å²) in [6.07, 6.45) is 10.7. The van der Waals surface area contributed by atoms with E-state index in [-0.39, 0.29) is 18.1 Å². The summed E-state index contributed by atoms with van der Waals surface area (Å²) in [5.41, 5.74) is 5.64. The van der Waals surface area contributed by atoms with Gasteiger partial charge in [0.05, 0.1) is 6.10 Å². The van der Waals surface area contributed by atoms with Crippen molar-refractivity contribution < 1.29 is 9.53 Å². The standard InChI is InChI=1S/C16H28N2O2/c17-10-14-8-9-15(20-14)16(19)18(13-6-7-13)11-12-4-2-1-3-5-12/h12-15H,1-11,17H2/t14-,15+/m1/s1. The van der Waals surface area contributed by atoms with Gasteiger partial charge in [-0.2, -0.15) is 0 Å². The molecule has 114 valence electrons. The first kappa shape index (κ1) is 14.3. The quantitative estimate of drug-likeness (QED) is 0.838. The maximum Gasteiger partial charge on any atom is 0.251 e. The maximum absolute atomic E-state index is 12.7. The summed E-state index contributed by atoms with van der Waals surface area (Å²) >= 11 is 0. The van der Waals surface area contributed by atoms with Crippen LogP contribution in [0.5, 0.6) is 0 Å². The van der Waals surface area contributed by atoms with E-state index >= 15 is 0 Å². The predicted octanol–water partition coefficient (Wildman–Crippen LogP) is 2.06. The molecule has 0 unspecified atom stereocenters. The fourth-order valence-electron chi connectivity index (χ4n) is 3.70. The molecule has 4 heteroatoms. The number of amides is 1. The van der Waals surface area contributed by atoms with Crippen molar-refractivity contribution in [2.24, 2.45) is 11.7 Å². The number of ether oxygens (including phenoxy) is 1. The van der Waals surface area contributed by atoms with Gasteiger partial charge in [-0.3, -0.25) is 4.79 Å². The molecule has 0 bridgehead atoms. The summed E-state index contributed by atoms with van der Waals surface area (Å²) < 4.78 is 5.80. The summed E-state index contributed by atoms with van der Waals surface area (Å²) in [6, 6.07) is 0.505. The van der Waals surface area contributed by atoms with Gasteiger partial charge in [0, 0.05) is 19.1 Å². The highest BCUT2D eigenvalue weighted by molar-refractivity contribution is 5.81. The van der Waals surface area contributed by atoms with Crippen molar-refractivity contribution in [3.8, 4) is 0 Å². The largest absolute Gasteiger partial charge is 0.364 e. The van der Waals surface area contributed by atoms with Crippen LogP contribution >= 0.6 is 0 Å². The Balaban J connectivity index is 1.57. The van der Waals surface area contributed by atoms with Gasteiger partial charge in [-0.15, -0.1) is 0 Å². The molecule has 1 saturated heterocycles. The van der Waals surface area contributed by atoms with Gasteiger partial charge in [0.25, 0.3) is 5.91 Å². The van der Waals surface area contributed by atoms with Gasteiger partial charge < -0.3 is 15.4 Å². The third kappa shape index (κ3) is 3.34. The van der Waals surface area contributed by atoms with Gasteiger partial charge >= 0.3 is 0 Å². The Morgan fingerprint density at radius 2 is 1.80 bits per heavy atom. The lowest BCUT2D eigenvalue weighted by Gasteiger charge is -2.31. The zero-order valence-corrected chi connectivity index (χ0v) is 12.4. The minimum Gasteiger partial charge on any atom is -0.364 e. The zero-order valence-electron chi connectivity index (χ0n) is 12.4. The van der Waals surface area contributed by atoms with E-state index in [0.29, 0.717) is 12.6 Å². The Bertz CT molecular complexity index is 337. The van der Waals surface area contributed by atoms with Crippen molar-refractivity contribution in [1.29, 1.82) is 0 Å². The fourth-order valence-corrected chi connectivity index (χ4v) is 3.70. The molecule has 0 aromatic heterocycles. The molecule has 0 aromatic carbocycles. The lowest BCUT2D eigenvalue weighted by molar-refractivity contribution is -0.144. The van der Waals surface area contributed by atoms with Gasteiger partial charge in [0.1, 0.15) is 6.10 Å². The zero-order chi connectivity index (χ0) is 13.9. The van der Waals surface area contributed by atoms with Crippen LogP contribution in [-0.4, -0.2) is 42.1 Å². The van der Waals surface area contributed by atoms with Crippen molar-refractivity contribution in [1.82, 2.24) is 4.90 Å². The third-order valence-corrected chi connectivity index (χ3v) is 5.10. The minimum atomic E-state index is -0.215. The molecule has 0 spiro atoms. The molecule has 2 aliphatic carbocycles. The minimum absolute atomic E-state index is 0.0969. The van der Waals surface area contributed by atoms with Gasteiger partial charge in [-0.25, -0.2) is 0 Å². The second-order valence-electron chi connectivity index (χ2n) is 6.79. The Morgan fingerprint density at radius 3 is 2.40 bits per heavy atom. The molecule has 0 aromatic rings. The lowest BCUT2D eigenvalue weighted by atomic mass is 9.89. The number of carbonyl (C=O) groups excluding carboxylic acids is 1. The van der Waals surface area contributed by atoms with Gasteiger partial charge in [0.15, 0.2) is 0 Å². The van der Waals surface area contributed by atoms with Crippen LogP contribution < -0.4 is 5.73 Å². The first-order chi connectivity index (χ1) is 9.78. The molecule has 2 N–H and O–H groups in total. The van der Waals surface area contributed by atoms with E-state index in [1.165, 1.54) is 44.9 Å². The van der Waals surface area contributed by atoms with Crippen LogP contribution in [0.15, 0.2) is 0 Å². The van der Waals surface area contributed by atoms with E-state index in [1.807, 2.05) is 0 Å². The second kappa shape index (κ2) is 6.44. The van der Waals surface area contributed by atoms with E-state index in [2.05, 4.69) is 4.90 Å². The summed E-state index contributed by atoms with van der Waals surface area (Å²) in [5.74, 6) is 0.967. The van der Waals surface area contributed by atoms with Crippen LogP contribution in [0.1, 0.15) is 57.8 Å². The summed E-state index contributed by atoms with van der Waals surface area (Å²) in [6.45, 7) is 1.51. The number of carbonyl (C=O) groups is 1. The van der Waals surface area contributed by atoms with Gasteiger partial charge in [0.2, 0.25) is 0 Å². The van der Waals surface area contributed by atoms with Crippen molar-refractivity contribution in [2.45, 2.75) is 76.0 Å². The Kier molecular flexibility index (Phi) is 4.61. The van der Waals surface area contributed by atoms with Crippen LogP contribution in [0.25, 0.3) is 0 Å². The summed E-state index contributed by atoms with van der Waals surface area (Å²) in [5, 5.41) is 0. The highest BCUT2D eigenvalue weighted by Gasteiger charge is 2.40. The average molecular weight is 280 g/mol. The van der Waals surface area contributed by atoms with Crippen LogP contribution in [0.2, 0.25) is 0 Å². The average Bonchev–Trinajstić information content (AvgIpc) is 3.21. The first-order valence-corrected chi connectivity index (χ1v) is 8.44. The van der Waals surface area contributed by atoms with Crippen LogP contribution in [-0.2, 0) is 9.53 Å². The normalized spacial score (nSPS) is 31.4. The predicted molar refractivity (Wildman–Crippen MR) is 78.3 cm³/mol. The first-order valence-electron chi connectivity index (χ1n) is 8.44. The number of hydrogen-bond acceptors (Lipinski definition) is 3. The van der Waals surface area contributed by atoms with Crippen LogP contribution in [0.3, 0.4) is 0 Å². The number of nitrogens with zero attached hydrogens (tertiary/aromatic N) is 1. The number of rotatable bonds is 5. The Morgan fingerprint density at radius 1 is 1.05 bits per heavy atom. The van der Waals surface area contributed by atoms with E-state index in [1.54, 1.807) is 0 Å². The van der Waals surface area contributed by atoms with Crippen molar-refractivity contribution in [3.05, 3.63) is 0 Å². The third-order valence-electron chi connectivity index (χ3n) is 5.10. The molecule has 2 atom stereocenters. The molecule has 1 aliphatic heterocycles. The van der Waals surface area contributed by atoms with Crippen molar-refractivity contribution in [2.75, 3.05) is 13.1 Å².